The van der Waals surface area contributed by atoms with Crippen LogP contribution < -0.4 is 26.2 Å². The Morgan fingerprint density at radius 3 is 2.39 bits per heavy atom. The molecule has 1 spiro atoms. The van der Waals surface area contributed by atoms with Crippen molar-refractivity contribution >= 4 is 64.5 Å². The average molecular weight is 614 g/mol. The Balaban J connectivity index is 1.07. The number of hydrogen-bond acceptors (Lipinski definition) is 7. The number of anilines is 5. The van der Waals surface area contributed by atoms with Crippen LogP contribution in [0.1, 0.15) is 51.4 Å². The summed E-state index contributed by atoms with van der Waals surface area (Å²) in [6, 6.07) is 15.0. The number of para-hydroxylation sites is 1. The van der Waals surface area contributed by atoms with E-state index >= 15 is 0 Å². The number of aromatic nitrogens is 2. The molecule has 0 unspecified atom stereocenters. The van der Waals surface area contributed by atoms with Gasteiger partial charge in [-0.05, 0) is 87.6 Å². The molecule has 3 aromatic rings. The lowest BCUT2D eigenvalue weighted by Crippen LogP contribution is -2.55. The zero-order chi connectivity index (χ0) is 28.6. The molecule has 0 bridgehead atoms. The second-order valence-corrected chi connectivity index (χ2v) is 16.4. The normalized spacial score (nSPS) is 19.4. The molecule has 10 heteroatoms. The van der Waals surface area contributed by atoms with E-state index in [1.54, 1.807) is 19.5 Å². The van der Waals surface area contributed by atoms with Crippen molar-refractivity contribution in [1.82, 2.24) is 15.3 Å². The molecule has 7 nitrogen and oxygen atoms in total. The maximum atomic E-state index is 12.8. The number of halogens is 2. The van der Waals surface area contributed by atoms with E-state index in [0.29, 0.717) is 32.9 Å². The van der Waals surface area contributed by atoms with E-state index in [1.807, 2.05) is 36.4 Å². The van der Waals surface area contributed by atoms with Gasteiger partial charge in [0.1, 0.15) is 12.2 Å². The first kappa shape index (κ1) is 28.8. The van der Waals surface area contributed by atoms with Gasteiger partial charge in [-0.25, -0.2) is 4.98 Å². The molecule has 218 valence electrons. The number of nitrogens with one attached hydrogen (secondary N) is 3. The number of piperidine rings is 1. The summed E-state index contributed by atoms with van der Waals surface area (Å²) in [5, 5.41) is 12.2. The van der Waals surface area contributed by atoms with Crippen molar-refractivity contribution in [3.63, 3.8) is 0 Å². The maximum Gasteiger partial charge on any atom is 0.229 e. The van der Waals surface area contributed by atoms with Crippen molar-refractivity contribution in [2.75, 3.05) is 42.0 Å². The van der Waals surface area contributed by atoms with Gasteiger partial charge in [-0.15, -0.1) is 0 Å². The molecule has 2 saturated carbocycles. The second kappa shape index (κ2) is 11.8. The van der Waals surface area contributed by atoms with Gasteiger partial charge < -0.3 is 25.4 Å². The molecule has 41 heavy (non-hydrogen) atoms. The van der Waals surface area contributed by atoms with Crippen LogP contribution in [-0.2, 0) is 4.57 Å². The standard InChI is InChI=1S/C31H39Cl2N6OP/c1-41(2,40)28-10-6-5-9-26(28)37-29-25(33)20-34-30(38-29)36-22-11-12-27(24(32)17-22)39-15-13-31(14-16-39)18-23(19-31)35-21-7-3-4-8-21/h5-6,9-12,17,20-21,23,35H,3-4,7-8,13-16,18-19H2,1-2H3,(H2,34,36,37,38). The first-order valence-corrected chi connectivity index (χ1v) is 18.0. The van der Waals surface area contributed by atoms with Crippen molar-refractivity contribution in [3.05, 3.63) is 58.7 Å². The van der Waals surface area contributed by atoms with Crippen LogP contribution in [0.15, 0.2) is 48.7 Å². The quantitative estimate of drug-likeness (QED) is 0.224. The Morgan fingerprint density at radius 1 is 0.951 bits per heavy atom. The van der Waals surface area contributed by atoms with Gasteiger partial charge in [0.15, 0.2) is 5.82 Å². The van der Waals surface area contributed by atoms with E-state index < -0.39 is 7.14 Å². The first-order valence-electron chi connectivity index (χ1n) is 14.7. The summed E-state index contributed by atoms with van der Waals surface area (Å²) in [6.07, 6.45) is 12.2. The fraction of sp³-hybridized carbons (Fsp3) is 0.484. The lowest BCUT2D eigenvalue weighted by atomic mass is 9.60. The second-order valence-electron chi connectivity index (χ2n) is 12.4. The molecule has 2 aliphatic carbocycles. The highest BCUT2D eigenvalue weighted by atomic mass is 35.5. The van der Waals surface area contributed by atoms with Gasteiger partial charge in [-0.3, -0.25) is 0 Å². The van der Waals surface area contributed by atoms with Gasteiger partial charge in [0.05, 0.1) is 22.6 Å². The molecule has 0 atom stereocenters. The maximum absolute atomic E-state index is 12.8. The van der Waals surface area contributed by atoms with Gasteiger partial charge in [-0.1, -0.05) is 48.2 Å². The minimum atomic E-state index is -2.50. The third-order valence-electron chi connectivity index (χ3n) is 9.04. The molecular formula is C31H39Cl2N6OP. The third kappa shape index (κ3) is 6.54. The molecule has 1 aliphatic heterocycles. The average Bonchev–Trinajstić information content (AvgIpc) is 3.43. The molecule has 0 amide bonds. The van der Waals surface area contributed by atoms with E-state index in [9.17, 15) is 4.57 Å². The Morgan fingerprint density at radius 2 is 1.68 bits per heavy atom. The topological polar surface area (TPSA) is 82.2 Å². The van der Waals surface area contributed by atoms with Crippen molar-refractivity contribution in [1.29, 1.82) is 0 Å². The van der Waals surface area contributed by atoms with Gasteiger partial charge >= 0.3 is 0 Å². The van der Waals surface area contributed by atoms with Crippen LogP contribution in [0.2, 0.25) is 10.0 Å². The zero-order valence-corrected chi connectivity index (χ0v) is 26.2. The molecular weight excluding hydrogens is 574 g/mol. The summed E-state index contributed by atoms with van der Waals surface area (Å²) >= 11 is 13.2. The summed E-state index contributed by atoms with van der Waals surface area (Å²) in [5.41, 5.74) is 3.11. The van der Waals surface area contributed by atoms with E-state index in [2.05, 4.69) is 36.9 Å². The smallest absolute Gasteiger partial charge is 0.229 e. The van der Waals surface area contributed by atoms with Crippen molar-refractivity contribution in [2.45, 2.75) is 63.5 Å². The SMILES string of the molecule is CP(C)(=O)c1ccccc1Nc1nc(Nc2ccc(N3CCC4(CC3)CC(NC3CCCC3)C4)c(Cl)c2)ncc1Cl. The Labute approximate surface area is 253 Å². The fourth-order valence-corrected chi connectivity index (χ4v) is 8.42. The minimum absolute atomic E-state index is 0.371. The summed E-state index contributed by atoms with van der Waals surface area (Å²) in [6.45, 7) is 5.58. The summed E-state index contributed by atoms with van der Waals surface area (Å²) < 4.78 is 12.8. The summed E-state index contributed by atoms with van der Waals surface area (Å²) in [5.74, 6) is 0.826. The van der Waals surface area contributed by atoms with Crippen molar-refractivity contribution < 1.29 is 4.57 Å². The van der Waals surface area contributed by atoms with Crippen LogP contribution in [-0.4, -0.2) is 48.5 Å². The van der Waals surface area contributed by atoms with E-state index in [0.717, 1.165) is 41.9 Å². The number of rotatable bonds is 8. The highest BCUT2D eigenvalue weighted by Crippen LogP contribution is 2.50. The van der Waals surface area contributed by atoms with Crippen LogP contribution in [0, 0.1) is 5.41 Å². The molecule has 0 radical (unpaired) electrons. The molecule has 3 aliphatic rings. The van der Waals surface area contributed by atoms with Crippen molar-refractivity contribution in [3.8, 4) is 0 Å². The Bertz CT molecular complexity index is 1440. The van der Waals surface area contributed by atoms with Crippen LogP contribution in [0.4, 0.5) is 28.8 Å². The summed E-state index contributed by atoms with van der Waals surface area (Å²) in [4.78, 5) is 11.4. The van der Waals surface area contributed by atoms with Gasteiger partial charge in [0, 0.05) is 36.2 Å². The molecule has 6 rings (SSSR count). The molecule has 2 heterocycles. The predicted molar refractivity (Wildman–Crippen MR) is 173 cm³/mol. The zero-order valence-electron chi connectivity index (χ0n) is 23.8. The van der Waals surface area contributed by atoms with Gasteiger partial charge in [-0.2, -0.15) is 4.98 Å². The molecule has 3 N–H and O–H groups in total. The fourth-order valence-electron chi connectivity index (χ4n) is 6.82. The summed E-state index contributed by atoms with van der Waals surface area (Å²) in [7, 11) is -2.50. The largest absolute Gasteiger partial charge is 0.370 e. The molecule has 1 saturated heterocycles. The van der Waals surface area contributed by atoms with E-state index in [4.69, 9.17) is 23.2 Å². The van der Waals surface area contributed by atoms with Crippen molar-refractivity contribution in [2.24, 2.45) is 5.41 Å². The van der Waals surface area contributed by atoms with Crippen LogP contribution in [0.3, 0.4) is 0 Å². The number of benzene rings is 2. The lowest BCUT2D eigenvalue weighted by Gasteiger charge is -2.53. The Hall–Kier alpha value is -2.31. The molecule has 3 fully saturated rings. The molecule has 2 aromatic carbocycles. The van der Waals surface area contributed by atoms with Crippen LogP contribution in [0.5, 0.6) is 0 Å². The number of nitrogens with zero attached hydrogens (tertiary/aromatic N) is 3. The Kier molecular flexibility index (Phi) is 8.26. The van der Waals surface area contributed by atoms with Gasteiger partial charge in [0.25, 0.3) is 0 Å². The van der Waals surface area contributed by atoms with Crippen LogP contribution >= 0.6 is 30.3 Å². The lowest BCUT2D eigenvalue weighted by molar-refractivity contribution is 0.0473. The minimum Gasteiger partial charge on any atom is -0.370 e. The van der Waals surface area contributed by atoms with Crippen LogP contribution in [0.25, 0.3) is 0 Å². The third-order valence-corrected chi connectivity index (χ3v) is 11.2. The first-order chi connectivity index (χ1) is 19.7. The number of hydrogen-bond donors (Lipinski definition) is 3. The monoisotopic (exact) mass is 612 g/mol. The predicted octanol–water partition coefficient (Wildman–Crippen LogP) is 7.80. The highest BCUT2D eigenvalue weighted by molar-refractivity contribution is 7.70. The highest BCUT2D eigenvalue weighted by Gasteiger charge is 2.46. The molecule has 1 aromatic heterocycles. The van der Waals surface area contributed by atoms with E-state index in [-0.39, 0.29) is 0 Å². The van der Waals surface area contributed by atoms with Gasteiger partial charge in [0.2, 0.25) is 5.95 Å². The van der Waals surface area contributed by atoms with E-state index in [1.165, 1.54) is 51.4 Å².